The van der Waals surface area contributed by atoms with Crippen LogP contribution in [0.3, 0.4) is 0 Å². The largest absolute Gasteiger partial charge is 0.486 e. The maximum atomic E-state index is 13.2. The Balaban J connectivity index is 1.45. The smallest absolute Gasteiger partial charge is 0.253 e. The standard InChI is InChI=1S/C25H33N3O7S2/c1-3-10-27(11-4-2)36(30,31)21-7-5-6-20(18-21)25(29)26-12-14-28(15-13-26)37(32,33)22-8-9-23-24(19-22)35-17-16-34-23/h5-9,18-19H,3-4,10-17H2,1-2H3. The molecule has 2 heterocycles. The van der Waals surface area contributed by atoms with E-state index in [1.807, 2.05) is 13.8 Å². The minimum absolute atomic E-state index is 0.0834. The molecule has 1 fully saturated rings. The fourth-order valence-corrected chi connectivity index (χ4v) is 7.55. The first kappa shape index (κ1) is 27.4. The molecule has 0 atom stereocenters. The molecule has 0 radical (unpaired) electrons. The lowest BCUT2D eigenvalue weighted by molar-refractivity contribution is 0.0697. The molecule has 202 valence electrons. The minimum atomic E-state index is -3.78. The highest BCUT2D eigenvalue weighted by Crippen LogP contribution is 2.33. The second-order valence-corrected chi connectivity index (χ2v) is 12.8. The van der Waals surface area contributed by atoms with E-state index in [2.05, 4.69) is 0 Å². The molecule has 4 rings (SSSR count). The van der Waals surface area contributed by atoms with E-state index in [-0.39, 0.29) is 47.4 Å². The molecule has 0 saturated carbocycles. The number of nitrogens with zero attached hydrogens (tertiary/aromatic N) is 3. The van der Waals surface area contributed by atoms with Crippen LogP contribution in [0.15, 0.2) is 52.3 Å². The number of fused-ring (bicyclic) bond motifs is 1. The van der Waals surface area contributed by atoms with Crippen molar-refractivity contribution in [2.45, 2.75) is 36.5 Å². The first-order valence-corrected chi connectivity index (χ1v) is 15.4. The Morgan fingerprint density at radius 3 is 2.14 bits per heavy atom. The van der Waals surface area contributed by atoms with Crippen molar-refractivity contribution in [2.75, 3.05) is 52.5 Å². The van der Waals surface area contributed by atoms with Gasteiger partial charge in [-0.05, 0) is 43.2 Å². The van der Waals surface area contributed by atoms with Crippen LogP contribution in [0, 0.1) is 0 Å². The summed E-state index contributed by atoms with van der Waals surface area (Å²) in [5, 5.41) is 0. The van der Waals surface area contributed by atoms with Crippen LogP contribution in [0.2, 0.25) is 0 Å². The number of ether oxygens (including phenoxy) is 2. The fourth-order valence-electron chi connectivity index (χ4n) is 4.44. The summed E-state index contributed by atoms with van der Waals surface area (Å²) in [6.45, 7) is 6.08. The zero-order valence-corrected chi connectivity index (χ0v) is 22.8. The van der Waals surface area contributed by atoms with Gasteiger partial charge in [-0.15, -0.1) is 0 Å². The van der Waals surface area contributed by atoms with Gasteiger partial charge in [-0.1, -0.05) is 19.9 Å². The molecule has 0 N–H and O–H groups in total. The number of piperazine rings is 1. The Labute approximate surface area is 218 Å². The monoisotopic (exact) mass is 551 g/mol. The SMILES string of the molecule is CCCN(CCC)S(=O)(=O)c1cccc(C(=O)N2CCN(S(=O)(=O)c3ccc4c(c3)OCCO4)CC2)c1. The average Bonchev–Trinajstić information content (AvgIpc) is 2.92. The maximum Gasteiger partial charge on any atom is 0.253 e. The van der Waals surface area contributed by atoms with Gasteiger partial charge in [0.2, 0.25) is 20.0 Å². The highest BCUT2D eigenvalue weighted by atomic mass is 32.2. The second-order valence-electron chi connectivity index (χ2n) is 8.93. The molecule has 1 amide bonds. The van der Waals surface area contributed by atoms with E-state index in [1.165, 1.54) is 32.9 Å². The molecule has 0 aliphatic carbocycles. The van der Waals surface area contributed by atoms with Gasteiger partial charge in [0.1, 0.15) is 13.2 Å². The molecule has 2 aliphatic rings. The summed E-state index contributed by atoms with van der Waals surface area (Å²) in [4.78, 5) is 15.0. The Bertz CT molecular complexity index is 1330. The zero-order chi connectivity index (χ0) is 26.6. The third kappa shape index (κ3) is 5.77. The number of sulfonamides is 2. The predicted molar refractivity (Wildman–Crippen MR) is 138 cm³/mol. The summed E-state index contributed by atoms with van der Waals surface area (Å²) in [7, 11) is -7.50. The van der Waals surface area contributed by atoms with Crippen molar-refractivity contribution in [3.8, 4) is 11.5 Å². The maximum absolute atomic E-state index is 13.2. The van der Waals surface area contributed by atoms with Gasteiger partial charge in [0.05, 0.1) is 9.79 Å². The summed E-state index contributed by atoms with van der Waals surface area (Å²) < 4.78 is 66.5. The number of rotatable bonds is 9. The molecule has 2 aromatic rings. The summed E-state index contributed by atoms with van der Waals surface area (Å²) in [5.41, 5.74) is 0.261. The van der Waals surface area contributed by atoms with Crippen molar-refractivity contribution < 1.29 is 31.1 Å². The molecule has 2 aliphatic heterocycles. The molecule has 12 heteroatoms. The van der Waals surface area contributed by atoms with Crippen LogP contribution in [0.5, 0.6) is 11.5 Å². The first-order valence-electron chi connectivity index (χ1n) is 12.5. The molecule has 1 saturated heterocycles. The van der Waals surface area contributed by atoms with E-state index in [4.69, 9.17) is 9.47 Å². The number of carbonyl (C=O) groups is 1. The van der Waals surface area contributed by atoms with Crippen molar-refractivity contribution in [1.82, 2.24) is 13.5 Å². The van der Waals surface area contributed by atoms with Gasteiger partial charge < -0.3 is 14.4 Å². The fraction of sp³-hybridized carbons (Fsp3) is 0.480. The second kappa shape index (κ2) is 11.4. The number of amides is 1. The van der Waals surface area contributed by atoms with Gasteiger partial charge in [0.15, 0.2) is 11.5 Å². The third-order valence-electron chi connectivity index (χ3n) is 6.34. The van der Waals surface area contributed by atoms with Crippen molar-refractivity contribution in [3.05, 3.63) is 48.0 Å². The van der Waals surface area contributed by atoms with Crippen LogP contribution in [0.1, 0.15) is 37.0 Å². The summed E-state index contributed by atoms with van der Waals surface area (Å²) in [5.74, 6) is 0.579. The summed E-state index contributed by atoms with van der Waals surface area (Å²) in [6.07, 6.45) is 1.38. The van der Waals surface area contributed by atoms with Crippen molar-refractivity contribution in [2.24, 2.45) is 0 Å². The minimum Gasteiger partial charge on any atom is -0.486 e. The molecule has 0 aromatic heterocycles. The first-order chi connectivity index (χ1) is 17.7. The quantitative estimate of drug-likeness (QED) is 0.470. The van der Waals surface area contributed by atoms with Gasteiger partial charge in [0, 0.05) is 50.9 Å². The molecular weight excluding hydrogens is 518 g/mol. The Kier molecular flexibility index (Phi) is 8.42. The molecule has 0 spiro atoms. The van der Waals surface area contributed by atoms with Gasteiger partial charge in [-0.2, -0.15) is 8.61 Å². The number of carbonyl (C=O) groups excluding carboxylic acids is 1. The van der Waals surface area contributed by atoms with Gasteiger partial charge in [-0.3, -0.25) is 4.79 Å². The van der Waals surface area contributed by atoms with Crippen LogP contribution in [0.25, 0.3) is 0 Å². The Hall–Kier alpha value is -2.67. The van der Waals surface area contributed by atoms with E-state index < -0.39 is 20.0 Å². The van der Waals surface area contributed by atoms with E-state index in [1.54, 1.807) is 23.1 Å². The Morgan fingerprint density at radius 1 is 0.838 bits per heavy atom. The highest BCUT2D eigenvalue weighted by molar-refractivity contribution is 7.89. The van der Waals surface area contributed by atoms with E-state index in [0.29, 0.717) is 50.6 Å². The van der Waals surface area contributed by atoms with Gasteiger partial charge >= 0.3 is 0 Å². The summed E-state index contributed by atoms with van der Waals surface area (Å²) in [6, 6.07) is 10.6. The molecule has 10 nitrogen and oxygen atoms in total. The van der Waals surface area contributed by atoms with Crippen LogP contribution in [-0.2, 0) is 20.0 Å². The Morgan fingerprint density at radius 2 is 1.49 bits per heavy atom. The van der Waals surface area contributed by atoms with E-state index in [0.717, 1.165) is 0 Å². The third-order valence-corrected chi connectivity index (χ3v) is 10.1. The molecular formula is C25H33N3O7S2. The van der Waals surface area contributed by atoms with Gasteiger partial charge in [-0.25, -0.2) is 16.8 Å². The number of hydrogen-bond donors (Lipinski definition) is 0. The molecule has 0 unspecified atom stereocenters. The van der Waals surface area contributed by atoms with Crippen molar-refractivity contribution in [1.29, 1.82) is 0 Å². The zero-order valence-electron chi connectivity index (χ0n) is 21.1. The summed E-state index contributed by atoms with van der Waals surface area (Å²) >= 11 is 0. The topological polar surface area (TPSA) is 114 Å². The van der Waals surface area contributed by atoms with E-state index in [9.17, 15) is 21.6 Å². The average molecular weight is 552 g/mol. The van der Waals surface area contributed by atoms with Crippen LogP contribution in [-0.4, -0.2) is 88.7 Å². The van der Waals surface area contributed by atoms with Gasteiger partial charge in [0.25, 0.3) is 5.91 Å². The number of hydrogen-bond acceptors (Lipinski definition) is 7. The molecule has 37 heavy (non-hydrogen) atoms. The van der Waals surface area contributed by atoms with Crippen molar-refractivity contribution >= 4 is 26.0 Å². The van der Waals surface area contributed by atoms with Crippen molar-refractivity contribution in [3.63, 3.8) is 0 Å². The highest BCUT2D eigenvalue weighted by Gasteiger charge is 2.32. The van der Waals surface area contributed by atoms with Crippen LogP contribution < -0.4 is 9.47 Å². The van der Waals surface area contributed by atoms with Crippen LogP contribution in [0.4, 0.5) is 0 Å². The predicted octanol–water partition coefficient (Wildman–Crippen LogP) is 2.42. The van der Waals surface area contributed by atoms with E-state index >= 15 is 0 Å². The molecule has 0 bridgehead atoms. The normalized spacial score (nSPS) is 16.7. The number of benzene rings is 2. The van der Waals surface area contributed by atoms with Crippen LogP contribution >= 0.6 is 0 Å². The lowest BCUT2D eigenvalue weighted by Crippen LogP contribution is -2.50. The lowest BCUT2D eigenvalue weighted by atomic mass is 10.2. The lowest BCUT2D eigenvalue weighted by Gasteiger charge is -2.34. The molecule has 2 aromatic carbocycles.